The number of rotatable bonds is 4. The molecule has 18 heavy (non-hydrogen) atoms. The Morgan fingerprint density at radius 1 is 1.00 bits per heavy atom. The first-order chi connectivity index (χ1) is 8.65. The van der Waals surface area contributed by atoms with Crippen LogP contribution in [0.1, 0.15) is 65.2 Å². The molecule has 0 aliphatic heterocycles. The van der Waals surface area contributed by atoms with Gasteiger partial charge in [-0.05, 0) is 43.9 Å². The van der Waals surface area contributed by atoms with Crippen LogP contribution in [0.4, 0.5) is 0 Å². The van der Waals surface area contributed by atoms with Crippen LogP contribution in [0.3, 0.4) is 0 Å². The molecule has 0 saturated heterocycles. The van der Waals surface area contributed by atoms with Crippen molar-refractivity contribution in [2.45, 2.75) is 71.3 Å². The van der Waals surface area contributed by atoms with Gasteiger partial charge >= 0.3 is 0 Å². The normalized spacial score (nSPS) is 34.4. The maximum Gasteiger partial charge on any atom is 0.161 e. The zero-order valence-corrected chi connectivity index (χ0v) is 12.0. The second-order valence-electron chi connectivity index (χ2n) is 6.65. The first kappa shape index (κ1) is 14.0. The molecule has 0 radical (unpaired) electrons. The Morgan fingerprint density at radius 3 is 2.22 bits per heavy atom. The first-order valence-corrected chi connectivity index (χ1v) is 7.79. The fraction of sp³-hybridized carbons (Fsp3) is 0.938. The van der Waals surface area contributed by atoms with Gasteiger partial charge in [-0.15, -0.1) is 0 Å². The molecule has 0 aromatic rings. The van der Waals surface area contributed by atoms with Crippen LogP contribution in [-0.4, -0.2) is 18.5 Å². The van der Waals surface area contributed by atoms with Gasteiger partial charge < -0.3 is 4.74 Å². The van der Waals surface area contributed by atoms with E-state index in [2.05, 4.69) is 13.8 Å². The van der Waals surface area contributed by atoms with E-state index >= 15 is 0 Å². The molecule has 2 nitrogen and oxygen atoms in total. The van der Waals surface area contributed by atoms with E-state index in [0.717, 1.165) is 37.5 Å². The highest BCUT2D eigenvalue weighted by atomic mass is 16.5. The van der Waals surface area contributed by atoms with Crippen molar-refractivity contribution < 1.29 is 9.53 Å². The van der Waals surface area contributed by atoms with Crippen molar-refractivity contribution in [3.8, 4) is 0 Å². The van der Waals surface area contributed by atoms with Crippen molar-refractivity contribution in [3.05, 3.63) is 0 Å². The number of ether oxygens (including phenoxy) is 1. The van der Waals surface area contributed by atoms with Crippen LogP contribution in [0.5, 0.6) is 0 Å². The Morgan fingerprint density at radius 2 is 1.61 bits per heavy atom. The van der Waals surface area contributed by atoms with Gasteiger partial charge in [0, 0.05) is 5.92 Å². The lowest BCUT2D eigenvalue weighted by Crippen LogP contribution is -2.30. The van der Waals surface area contributed by atoms with Gasteiger partial charge in [0.1, 0.15) is 6.61 Å². The molecule has 0 heterocycles. The van der Waals surface area contributed by atoms with Crippen LogP contribution in [0, 0.1) is 17.8 Å². The summed E-state index contributed by atoms with van der Waals surface area (Å²) in [5.41, 5.74) is 0. The van der Waals surface area contributed by atoms with Crippen molar-refractivity contribution in [1.29, 1.82) is 0 Å². The maximum atomic E-state index is 12.1. The highest BCUT2D eigenvalue weighted by Crippen LogP contribution is 2.31. The quantitative estimate of drug-likeness (QED) is 0.756. The molecular weight excluding hydrogens is 224 g/mol. The van der Waals surface area contributed by atoms with Gasteiger partial charge in [-0.25, -0.2) is 0 Å². The number of Topliss-reactive ketones (excluding diaryl/α,β-unsaturated/α-hetero) is 1. The molecule has 2 saturated carbocycles. The van der Waals surface area contributed by atoms with Gasteiger partial charge in [-0.3, -0.25) is 4.79 Å². The fourth-order valence-electron chi connectivity index (χ4n) is 3.75. The largest absolute Gasteiger partial charge is 0.370 e. The molecule has 2 unspecified atom stereocenters. The summed E-state index contributed by atoms with van der Waals surface area (Å²) in [6, 6.07) is 0. The Bertz CT molecular complexity index is 258. The second kappa shape index (κ2) is 6.70. The van der Waals surface area contributed by atoms with E-state index in [4.69, 9.17) is 4.74 Å². The number of carbonyl (C=O) groups is 1. The second-order valence-corrected chi connectivity index (χ2v) is 6.65. The molecule has 2 fully saturated rings. The smallest absolute Gasteiger partial charge is 0.161 e. The maximum absolute atomic E-state index is 12.1. The molecule has 0 amide bonds. The molecular formula is C16H28O2. The molecule has 2 aliphatic rings. The predicted octanol–water partition coefficient (Wildman–Crippen LogP) is 3.98. The molecule has 0 N–H and O–H groups in total. The van der Waals surface area contributed by atoms with Crippen molar-refractivity contribution >= 4 is 5.78 Å². The van der Waals surface area contributed by atoms with E-state index in [0.29, 0.717) is 24.4 Å². The summed E-state index contributed by atoms with van der Waals surface area (Å²) in [6.45, 7) is 4.97. The minimum Gasteiger partial charge on any atom is -0.370 e. The lowest BCUT2D eigenvalue weighted by molar-refractivity contribution is -0.131. The lowest BCUT2D eigenvalue weighted by Gasteiger charge is -2.31. The number of ketones is 1. The average Bonchev–Trinajstić information content (AvgIpc) is 2.36. The summed E-state index contributed by atoms with van der Waals surface area (Å²) >= 11 is 0. The summed E-state index contributed by atoms with van der Waals surface area (Å²) in [5, 5.41) is 0. The number of hydrogen-bond donors (Lipinski definition) is 0. The van der Waals surface area contributed by atoms with Crippen molar-refractivity contribution in [3.63, 3.8) is 0 Å². The lowest BCUT2D eigenvalue weighted by atomic mass is 9.81. The van der Waals surface area contributed by atoms with E-state index in [-0.39, 0.29) is 0 Å². The van der Waals surface area contributed by atoms with E-state index in [9.17, 15) is 4.79 Å². The average molecular weight is 252 g/mol. The van der Waals surface area contributed by atoms with Gasteiger partial charge in [0.15, 0.2) is 5.78 Å². The van der Waals surface area contributed by atoms with Crippen molar-refractivity contribution in [2.24, 2.45) is 17.8 Å². The molecule has 0 spiro atoms. The van der Waals surface area contributed by atoms with E-state index in [1.54, 1.807) is 0 Å². The van der Waals surface area contributed by atoms with Crippen LogP contribution in [0.25, 0.3) is 0 Å². The van der Waals surface area contributed by atoms with Gasteiger partial charge in [-0.2, -0.15) is 0 Å². The molecule has 2 aliphatic carbocycles. The fourth-order valence-corrected chi connectivity index (χ4v) is 3.75. The van der Waals surface area contributed by atoms with E-state index in [1.807, 2.05) is 0 Å². The highest BCUT2D eigenvalue weighted by Gasteiger charge is 2.26. The topological polar surface area (TPSA) is 26.3 Å². The molecule has 0 bridgehead atoms. The van der Waals surface area contributed by atoms with Crippen LogP contribution >= 0.6 is 0 Å². The molecule has 2 rings (SSSR count). The highest BCUT2D eigenvalue weighted by molar-refractivity contribution is 5.82. The summed E-state index contributed by atoms with van der Waals surface area (Å²) in [7, 11) is 0. The van der Waals surface area contributed by atoms with Gasteiger partial charge in [0.25, 0.3) is 0 Å². The van der Waals surface area contributed by atoms with Crippen LogP contribution < -0.4 is 0 Å². The van der Waals surface area contributed by atoms with Crippen LogP contribution in [0.2, 0.25) is 0 Å². The molecule has 2 atom stereocenters. The molecule has 2 heteroatoms. The van der Waals surface area contributed by atoms with Crippen molar-refractivity contribution in [1.82, 2.24) is 0 Å². The zero-order valence-electron chi connectivity index (χ0n) is 12.0. The summed E-state index contributed by atoms with van der Waals surface area (Å²) in [6.07, 6.45) is 9.89. The molecule has 0 aromatic carbocycles. The minimum atomic E-state index is 0.303. The summed E-state index contributed by atoms with van der Waals surface area (Å²) < 4.78 is 5.89. The van der Waals surface area contributed by atoms with E-state index in [1.165, 1.54) is 25.7 Å². The first-order valence-electron chi connectivity index (χ1n) is 7.79. The Balaban J connectivity index is 1.71. The van der Waals surface area contributed by atoms with Gasteiger partial charge in [-0.1, -0.05) is 33.1 Å². The monoisotopic (exact) mass is 252 g/mol. The Kier molecular flexibility index (Phi) is 5.23. The number of hydrogen-bond acceptors (Lipinski definition) is 2. The third-order valence-electron chi connectivity index (χ3n) is 4.66. The van der Waals surface area contributed by atoms with Crippen LogP contribution in [0.15, 0.2) is 0 Å². The van der Waals surface area contributed by atoms with E-state index < -0.39 is 0 Å². The van der Waals surface area contributed by atoms with Crippen LogP contribution in [-0.2, 0) is 9.53 Å². The van der Waals surface area contributed by atoms with Gasteiger partial charge in [0.05, 0.1) is 6.10 Å². The Labute approximate surface area is 111 Å². The standard InChI is InChI=1S/C16H28O2/c1-12-8-13(2)10-15(9-12)18-11-16(17)14-6-4-3-5-7-14/h12-15H,3-11H2,1-2H3. The summed E-state index contributed by atoms with van der Waals surface area (Å²) in [5.74, 6) is 2.17. The molecule has 0 aromatic heterocycles. The van der Waals surface area contributed by atoms with Crippen molar-refractivity contribution in [2.75, 3.05) is 6.61 Å². The summed E-state index contributed by atoms with van der Waals surface area (Å²) in [4.78, 5) is 12.1. The Hall–Kier alpha value is -0.370. The predicted molar refractivity (Wildman–Crippen MR) is 73.5 cm³/mol. The SMILES string of the molecule is CC1CC(C)CC(OCC(=O)C2CCCCC2)C1. The third kappa shape index (κ3) is 4.08. The molecule has 104 valence electrons. The number of carbonyl (C=O) groups excluding carboxylic acids is 1. The third-order valence-corrected chi connectivity index (χ3v) is 4.66. The van der Waals surface area contributed by atoms with Gasteiger partial charge in [0.2, 0.25) is 0 Å². The zero-order chi connectivity index (χ0) is 13.0. The minimum absolute atomic E-state index is 0.303.